The normalized spacial score (nSPS) is 16.5. The molecule has 0 aliphatic carbocycles. The molecule has 41 heavy (non-hydrogen) atoms. The molecule has 0 saturated carbocycles. The van der Waals surface area contributed by atoms with Gasteiger partial charge in [-0.25, -0.2) is 15.0 Å². The zero-order chi connectivity index (χ0) is 27.1. The predicted octanol–water partition coefficient (Wildman–Crippen LogP) is 5.79. The van der Waals surface area contributed by atoms with Gasteiger partial charge in [-0.2, -0.15) is 0 Å². The lowest BCUT2D eigenvalue weighted by Gasteiger charge is -2.39. The van der Waals surface area contributed by atoms with Gasteiger partial charge in [0, 0.05) is 55.5 Å². The summed E-state index contributed by atoms with van der Waals surface area (Å²) in [5, 5.41) is 6.85. The van der Waals surface area contributed by atoms with Gasteiger partial charge in [-0.05, 0) is 30.5 Å². The fraction of sp³-hybridized carbons (Fsp3) is 0.517. The fourth-order valence-corrected chi connectivity index (χ4v) is 4.57. The third-order valence-electron chi connectivity index (χ3n) is 6.49. The van der Waals surface area contributed by atoms with Crippen LogP contribution in [0.1, 0.15) is 63.0 Å². The number of aromatic nitrogens is 3. The van der Waals surface area contributed by atoms with E-state index in [0.717, 1.165) is 25.3 Å². The number of carbonyl (C=O) groups excluding carboxylic acids is 1. The molecule has 1 amide bonds. The van der Waals surface area contributed by atoms with Gasteiger partial charge in [-0.15, -0.1) is 37.2 Å². The first kappa shape index (κ1) is 36.4. The van der Waals surface area contributed by atoms with Crippen molar-refractivity contribution in [2.75, 3.05) is 31.6 Å². The minimum atomic E-state index is -0.256. The maximum Gasteiger partial charge on any atom is 0.259 e. The monoisotopic (exact) mass is 628 g/mol. The zero-order valence-corrected chi connectivity index (χ0v) is 26.8. The molecule has 4 rings (SSSR count). The van der Waals surface area contributed by atoms with Crippen LogP contribution >= 0.6 is 37.2 Å². The number of piperidine rings is 1. The number of furan rings is 1. The molecule has 1 aliphatic heterocycles. The SMILES string of the molecule is CC(C)CN(C(=O)c1cnc(C(C)(C)C)nc1NCc1ccco1)C1CNCC(COc2ccccn2)C1.Cl.Cl.Cl. The summed E-state index contributed by atoms with van der Waals surface area (Å²) >= 11 is 0. The molecule has 12 heteroatoms. The van der Waals surface area contributed by atoms with E-state index < -0.39 is 0 Å². The third kappa shape index (κ3) is 10.3. The smallest absolute Gasteiger partial charge is 0.259 e. The molecule has 1 fully saturated rings. The minimum Gasteiger partial charge on any atom is -0.477 e. The first-order valence-electron chi connectivity index (χ1n) is 13.4. The molecule has 9 nitrogen and oxygen atoms in total. The van der Waals surface area contributed by atoms with Gasteiger partial charge >= 0.3 is 0 Å². The Morgan fingerprint density at radius 2 is 1.93 bits per heavy atom. The average molecular weight is 630 g/mol. The minimum absolute atomic E-state index is 0. The molecule has 1 aliphatic rings. The maximum absolute atomic E-state index is 14.1. The van der Waals surface area contributed by atoms with Gasteiger partial charge in [0.15, 0.2) is 0 Å². The van der Waals surface area contributed by atoms with Crippen LogP contribution in [-0.2, 0) is 12.0 Å². The van der Waals surface area contributed by atoms with E-state index >= 15 is 0 Å². The Balaban J connectivity index is 0.00000280. The molecule has 1 saturated heterocycles. The standard InChI is InChI=1S/C29H40N6O3.3ClH/c1-20(2)18-35(22-13-21(14-30-15-22)19-38-25-10-6-7-11-31-25)27(36)24-17-33-28(29(3,4)5)34-26(24)32-16-23-9-8-12-37-23;;;/h6-12,17,20-22,30H,13-16,18-19H2,1-5H3,(H,32,33,34);3*1H. The number of carbonyl (C=O) groups is 1. The Labute approximate surface area is 261 Å². The summed E-state index contributed by atoms with van der Waals surface area (Å²) in [6.45, 7) is 13.6. The molecule has 0 bridgehead atoms. The number of ether oxygens (including phenoxy) is 1. The van der Waals surface area contributed by atoms with Crippen molar-refractivity contribution in [3.8, 4) is 5.88 Å². The van der Waals surface area contributed by atoms with E-state index in [4.69, 9.17) is 14.1 Å². The highest BCUT2D eigenvalue weighted by atomic mass is 35.5. The number of nitrogens with one attached hydrogen (secondary N) is 2. The van der Waals surface area contributed by atoms with Gasteiger partial charge in [-0.1, -0.05) is 40.7 Å². The van der Waals surface area contributed by atoms with Crippen LogP contribution in [0.5, 0.6) is 5.88 Å². The summed E-state index contributed by atoms with van der Waals surface area (Å²) in [5.74, 6) is 3.09. The van der Waals surface area contributed by atoms with Gasteiger partial charge in [0.05, 0.1) is 19.4 Å². The number of halogens is 3. The van der Waals surface area contributed by atoms with Crippen LogP contribution in [0.15, 0.2) is 53.4 Å². The van der Waals surface area contributed by atoms with Crippen molar-refractivity contribution in [1.29, 1.82) is 0 Å². The van der Waals surface area contributed by atoms with Crippen LogP contribution < -0.4 is 15.4 Å². The van der Waals surface area contributed by atoms with Gasteiger partial charge in [-0.3, -0.25) is 4.79 Å². The van der Waals surface area contributed by atoms with Gasteiger partial charge < -0.3 is 24.7 Å². The molecule has 2 atom stereocenters. The number of rotatable bonds is 10. The Morgan fingerprint density at radius 3 is 2.56 bits per heavy atom. The second-order valence-electron chi connectivity index (χ2n) is 11.4. The summed E-state index contributed by atoms with van der Waals surface area (Å²) in [6, 6.07) is 9.41. The van der Waals surface area contributed by atoms with E-state index in [9.17, 15) is 4.79 Å². The number of nitrogens with zero attached hydrogens (tertiary/aromatic N) is 4. The van der Waals surface area contributed by atoms with Crippen molar-refractivity contribution < 1.29 is 13.9 Å². The van der Waals surface area contributed by atoms with Crippen molar-refractivity contribution in [2.24, 2.45) is 11.8 Å². The van der Waals surface area contributed by atoms with Gasteiger partial charge in [0.2, 0.25) is 5.88 Å². The first-order valence-corrected chi connectivity index (χ1v) is 13.4. The molecule has 2 unspecified atom stereocenters. The molecule has 4 heterocycles. The highest BCUT2D eigenvalue weighted by Gasteiger charge is 2.33. The fourth-order valence-electron chi connectivity index (χ4n) is 4.57. The second kappa shape index (κ2) is 16.8. The lowest BCUT2D eigenvalue weighted by atomic mass is 9.94. The third-order valence-corrected chi connectivity index (χ3v) is 6.49. The number of amides is 1. The highest BCUT2D eigenvalue weighted by Crippen LogP contribution is 2.26. The van der Waals surface area contributed by atoms with Crippen molar-refractivity contribution in [3.05, 3.63) is 66.1 Å². The molecular formula is C29H43Cl3N6O3. The Hall–Kier alpha value is -2.59. The zero-order valence-electron chi connectivity index (χ0n) is 24.3. The lowest BCUT2D eigenvalue weighted by molar-refractivity contribution is 0.0561. The van der Waals surface area contributed by atoms with Crippen LogP contribution in [0.4, 0.5) is 5.82 Å². The molecule has 3 aromatic heterocycles. The highest BCUT2D eigenvalue weighted by molar-refractivity contribution is 5.98. The van der Waals surface area contributed by atoms with E-state index in [2.05, 4.69) is 55.2 Å². The molecule has 0 spiro atoms. The maximum atomic E-state index is 14.1. The predicted molar refractivity (Wildman–Crippen MR) is 169 cm³/mol. The summed E-state index contributed by atoms with van der Waals surface area (Å²) in [6.07, 6.45) is 5.88. The topological polar surface area (TPSA) is 105 Å². The molecule has 3 aromatic rings. The van der Waals surface area contributed by atoms with Crippen LogP contribution in [-0.4, -0.2) is 58.0 Å². The first-order chi connectivity index (χ1) is 18.2. The molecular weight excluding hydrogens is 587 g/mol. The molecule has 0 aromatic carbocycles. The second-order valence-corrected chi connectivity index (χ2v) is 11.4. The largest absolute Gasteiger partial charge is 0.477 e. The summed E-state index contributed by atoms with van der Waals surface area (Å²) in [7, 11) is 0. The summed E-state index contributed by atoms with van der Waals surface area (Å²) < 4.78 is 11.4. The van der Waals surface area contributed by atoms with E-state index in [1.165, 1.54) is 0 Å². The Kier molecular flexibility index (Phi) is 14.9. The van der Waals surface area contributed by atoms with Crippen molar-refractivity contribution in [3.63, 3.8) is 0 Å². The van der Waals surface area contributed by atoms with Crippen LogP contribution in [0.2, 0.25) is 0 Å². The van der Waals surface area contributed by atoms with Crippen molar-refractivity contribution >= 4 is 48.9 Å². The molecule has 2 N–H and O–H groups in total. The average Bonchev–Trinajstić information content (AvgIpc) is 3.43. The van der Waals surface area contributed by atoms with Crippen LogP contribution in [0, 0.1) is 11.8 Å². The Bertz CT molecular complexity index is 1180. The number of pyridine rings is 1. The number of anilines is 1. The number of hydrogen-bond acceptors (Lipinski definition) is 8. The van der Waals surface area contributed by atoms with E-state index in [1.807, 2.05) is 35.2 Å². The molecule has 228 valence electrons. The van der Waals surface area contributed by atoms with Crippen LogP contribution in [0.25, 0.3) is 0 Å². The lowest BCUT2D eigenvalue weighted by Crippen LogP contribution is -2.53. The van der Waals surface area contributed by atoms with Gasteiger partial charge in [0.25, 0.3) is 5.91 Å². The Morgan fingerprint density at radius 1 is 1.15 bits per heavy atom. The van der Waals surface area contributed by atoms with E-state index in [0.29, 0.717) is 48.7 Å². The molecule has 0 radical (unpaired) electrons. The van der Waals surface area contributed by atoms with Crippen molar-refractivity contribution in [2.45, 2.75) is 59.0 Å². The quantitative estimate of drug-likeness (QED) is 0.290. The van der Waals surface area contributed by atoms with Crippen LogP contribution in [0.3, 0.4) is 0 Å². The summed E-state index contributed by atoms with van der Waals surface area (Å²) in [4.78, 5) is 29.8. The van der Waals surface area contributed by atoms with E-state index in [1.54, 1.807) is 18.7 Å². The summed E-state index contributed by atoms with van der Waals surface area (Å²) in [5.41, 5.74) is 0.214. The van der Waals surface area contributed by atoms with Gasteiger partial charge in [0.1, 0.15) is 23.0 Å². The van der Waals surface area contributed by atoms with Crippen molar-refractivity contribution in [1.82, 2.24) is 25.2 Å². The van der Waals surface area contributed by atoms with E-state index in [-0.39, 0.29) is 60.5 Å². The number of hydrogen-bond donors (Lipinski definition) is 2.